The van der Waals surface area contributed by atoms with Crippen LogP contribution in [0.4, 0.5) is 11.4 Å². The maximum absolute atomic E-state index is 9.95. The molecule has 0 aliphatic carbocycles. The van der Waals surface area contributed by atoms with Crippen LogP contribution >= 0.6 is 11.6 Å². The number of aromatic nitrogens is 1. The summed E-state index contributed by atoms with van der Waals surface area (Å²) >= 11 is 6.85. The summed E-state index contributed by atoms with van der Waals surface area (Å²) in [6, 6.07) is 16.9. The summed E-state index contributed by atoms with van der Waals surface area (Å²) in [6.07, 6.45) is 8.01. The van der Waals surface area contributed by atoms with Crippen LogP contribution in [0.25, 0.3) is 10.9 Å². The zero-order chi connectivity index (χ0) is 30.7. The number of piperidine rings is 1. The second-order valence-corrected chi connectivity index (χ2v) is 13.5. The largest absolute Gasteiger partial charge is 0.383 e. The number of anilines is 2. The number of benzene rings is 2. The molecule has 9 nitrogen and oxygen atoms in total. The highest BCUT2D eigenvalue weighted by Crippen LogP contribution is 2.36. The quantitative estimate of drug-likeness (QED) is 0.237. The fourth-order valence-corrected chi connectivity index (χ4v) is 6.74. The molecular formula is C34H43ClN8O. The fraction of sp³-hybridized carbons (Fsp3) is 0.471. The predicted octanol–water partition coefficient (Wildman–Crippen LogP) is 6.18. The van der Waals surface area contributed by atoms with Crippen LogP contribution in [0.15, 0.2) is 60.6 Å². The van der Waals surface area contributed by atoms with Gasteiger partial charge in [-0.2, -0.15) is 5.26 Å². The first-order valence-corrected chi connectivity index (χ1v) is 16.1. The van der Waals surface area contributed by atoms with Gasteiger partial charge in [-0.3, -0.25) is 14.9 Å². The molecule has 6 rings (SSSR count). The Hall–Kier alpha value is -3.55. The van der Waals surface area contributed by atoms with Crippen LogP contribution in [0.2, 0.25) is 5.02 Å². The minimum absolute atomic E-state index is 0.164. The van der Waals surface area contributed by atoms with Gasteiger partial charge in [-0.05, 0) is 70.1 Å². The second kappa shape index (κ2) is 13.2. The molecular weight excluding hydrogens is 572 g/mol. The van der Waals surface area contributed by atoms with Gasteiger partial charge >= 0.3 is 0 Å². The fourth-order valence-electron chi connectivity index (χ4n) is 6.47. The van der Waals surface area contributed by atoms with Gasteiger partial charge in [0.2, 0.25) is 0 Å². The maximum atomic E-state index is 9.95. The zero-order valence-corrected chi connectivity index (χ0v) is 26.6. The van der Waals surface area contributed by atoms with Gasteiger partial charge < -0.3 is 20.8 Å². The van der Waals surface area contributed by atoms with Gasteiger partial charge in [-0.1, -0.05) is 41.9 Å². The van der Waals surface area contributed by atoms with Gasteiger partial charge in [0.1, 0.15) is 6.07 Å². The SMILES string of the molecule is CC(C)(C)N1CCC(N2C=C([C@@H](Nc3cc(Cl)c4ncc(C#N)c(NCC5CCOCC5)c4c3)c3ccccc3)NN2)CC1. The third-order valence-electron chi connectivity index (χ3n) is 9.12. The first-order chi connectivity index (χ1) is 21.3. The lowest BCUT2D eigenvalue weighted by molar-refractivity contribution is 0.0570. The summed E-state index contributed by atoms with van der Waals surface area (Å²) in [5.74, 6) is 0.495. The van der Waals surface area contributed by atoms with Crippen LogP contribution in [0.1, 0.15) is 63.6 Å². The molecule has 0 spiro atoms. The van der Waals surface area contributed by atoms with E-state index in [2.05, 4.69) is 99.9 Å². The van der Waals surface area contributed by atoms with E-state index in [1.165, 1.54) is 0 Å². The lowest BCUT2D eigenvalue weighted by Crippen LogP contribution is -2.52. The standard InChI is InChI=1S/C34H43ClN8O/c1-34(2,3)42-13-9-27(10-14-42)43-22-30(40-41-43)32(24-7-5-4-6-8-24)39-26-17-28-31(37-20-23-11-15-44-16-12-23)25(19-36)21-38-33(28)29(35)18-26/h4-8,17-18,21-23,27,32,39-41H,9-16,20H2,1-3H3,(H,37,38)/t32-/m0/s1. The van der Waals surface area contributed by atoms with E-state index in [-0.39, 0.29) is 11.6 Å². The Kier molecular flexibility index (Phi) is 9.15. The van der Waals surface area contributed by atoms with Crippen LogP contribution in [0, 0.1) is 17.2 Å². The Morgan fingerprint density at radius 3 is 2.57 bits per heavy atom. The van der Waals surface area contributed by atoms with E-state index >= 15 is 0 Å². The molecule has 4 N–H and O–H groups in total. The van der Waals surface area contributed by atoms with E-state index in [1.54, 1.807) is 6.20 Å². The Labute approximate surface area is 265 Å². The van der Waals surface area contributed by atoms with Crippen molar-refractivity contribution in [3.63, 3.8) is 0 Å². The molecule has 2 fully saturated rings. The molecule has 232 valence electrons. The summed E-state index contributed by atoms with van der Waals surface area (Å²) < 4.78 is 5.54. The number of halogens is 1. The topological polar surface area (TPSA) is 101 Å². The third-order valence-corrected chi connectivity index (χ3v) is 9.41. The van der Waals surface area contributed by atoms with Crippen LogP contribution in [0.3, 0.4) is 0 Å². The van der Waals surface area contributed by atoms with E-state index in [0.717, 1.165) is 86.6 Å². The number of fused-ring (bicyclic) bond motifs is 1. The predicted molar refractivity (Wildman–Crippen MR) is 177 cm³/mol. The van der Waals surface area contributed by atoms with Gasteiger partial charge in [-0.15, -0.1) is 5.53 Å². The molecule has 0 unspecified atom stereocenters. The summed E-state index contributed by atoms with van der Waals surface area (Å²) in [7, 11) is 0. The number of nitrogens with one attached hydrogen (secondary N) is 4. The molecule has 3 aliphatic heterocycles. The highest BCUT2D eigenvalue weighted by molar-refractivity contribution is 6.35. The summed E-state index contributed by atoms with van der Waals surface area (Å²) in [5.41, 5.74) is 12.0. The lowest BCUT2D eigenvalue weighted by Gasteiger charge is -2.42. The van der Waals surface area contributed by atoms with Crippen molar-refractivity contribution in [2.45, 2.75) is 64.1 Å². The highest BCUT2D eigenvalue weighted by Gasteiger charge is 2.32. The van der Waals surface area contributed by atoms with Gasteiger partial charge in [0, 0.05) is 67.9 Å². The zero-order valence-electron chi connectivity index (χ0n) is 25.9. The maximum Gasteiger partial charge on any atom is 0.103 e. The van der Waals surface area contributed by atoms with Crippen molar-refractivity contribution in [3.8, 4) is 6.07 Å². The molecule has 2 saturated heterocycles. The molecule has 1 atom stereocenters. The van der Waals surface area contributed by atoms with E-state index in [4.69, 9.17) is 16.3 Å². The van der Waals surface area contributed by atoms with Crippen LogP contribution in [-0.4, -0.2) is 59.3 Å². The molecule has 10 heteroatoms. The van der Waals surface area contributed by atoms with Gasteiger partial charge in [-0.25, -0.2) is 0 Å². The van der Waals surface area contributed by atoms with Gasteiger partial charge in [0.05, 0.1) is 33.5 Å². The first-order valence-electron chi connectivity index (χ1n) is 15.7. The first kappa shape index (κ1) is 30.5. The molecule has 44 heavy (non-hydrogen) atoms. The van der Waals surface area contributed by atoms with Crippen molar-refractivity contribution in [3.05, 3.63) is 76.7 Å². The smallest absolute Gasteiger partial charge is 0.103 e. The number of nitriles is 1. The monoisotopic (exact) mass is 614 g/mol. The van der Waals surface area contributed by atoms with E-state index < -0.39 is 0 Å². The third kappa shape index (κ3) is 6.74. The minimum atomic E-state index is -0.164. The van der Waals surface area contributed by atoms with Crippen LogP contribution in [0.5, 0.6) is 0 Å². The average Bonchev–Trinajstić information content (AvgIpc) is 3.53. The van der Waals surface area contributed by atoms with E-state index in [1.807, 2.05) is 12.1 Å². The lowest BCUT2D eigenvalue weighted by atomic mass is 9.98. The number of nitrogens with zero attached hydrogens (tertiary/aromatic N) is 4. The Morgan fingerprint density at radius 1 is 1.11 bits per heavy atom. The second-order valence-electron chi connectivity index (χ2n) is 13.1. The Morgan fingerprint density at radius 2 is 1.86 bits per heavy atom. The summed E-state index contributed by atoms with van der Waals surface area (Å²) in [5, 5.41) is 20.9. The van der Waals surface area contributed by atoms with Crippen LogP contribution in [-0.2, 0) is 4.74 Å². The summed E-state index contributed by atoms with van der Waals surface area (Å²) in [6.45, 7) is 11.4. The average molecular weight is 615 g/mol. The van der Waals surface area contributed by atoms with Crippen LogP contribution < -0.4 is 21.6 Å². The number of pyridine rings is 1. The number of hydrazine groups is 2. The van der Waals surface area contributed by atoms with Crippen molar-refractivity contribution >= 4 is 33.9 Å². The van der Waals surface area contributed by atoms with Crippen molar-refractivity contribution in [2.24, 2.45) is 5.92 Å². The molecule has 0 saturated carbocycles. The molecule has 1 aromatic heterocycles. The summed E-state index contributed by atoms with van der Waals surface area (Å²) in [4.78, 5) is 7.12. The molecule has 0 amide bonds. The van der Waals surface area contributed by atoms with Gasteiger partial charge in [0.15, 0.2) is 0 Å². The normalized spacial score (nSPS) is 19.3. The van der Waals surface area contributed by atoms with E-state index in [9.17, 15) is 5.26 Å². The number of likely N-dealkylation sites (tertiary alicyclic amines) is 1. The molecule has 3 aromatic rings. The van der Waals surface area contributed by atoms with Crippen molar-refractivity contribution in [1.29, 1.82) is 5.26 Å². The number of rotatable bonds is 8. The number of hydrogen-bond acceptors (Lipinski definition) is 9. The Balaban J connectivity index is 1.27. The number of ether oxygens (including phenoxy) is 1. The minimum Gasteiger partial charge on any atom is -0.383 e. The van der Waals surface area contributed by atoms with Crippen molar-refractivity contribution in [1.82, 2.24) is 25.9 Å². The molecule has 2 aromatic carbocycles. The molecule has 3 aliphatic rings. The number of hydrogen-bond donors (Lipinski definition) is 4. The van der Waals surface area contributed by atoms with Crippen molar-refractivity contribution in [2.75, 3.05) is 43.5 Å². The van der Waals surface area contributed by atoms with Crippen molar-refractivity contribution < 1.29 is 4.74 Å². The highest BCUT2D eigenvalue weighted by atomic mass is 35.5. The van der Waals surface area contributed by atoms with E-state index in [0.29, 0.717) is 28.1 Å². The molecule has 0 bridgehead atoms. The van der Waals surface area contributed by atoms with Gasteiger partial charge in [0.25, 0.3) is 0 Å². The Bertz CT molecular complexity index is 1520. The molecule has 0 radical (unpaired) electrons. The molecule has 4 heterocycles.